The molecule has 2 heterocycles. The van der Waals surface area contributed by atoms with E-state index in [9.17, 15) is 8.78 Å². The number of imidazole rings is 1. The summed E-state index contributed by atoms with van der Waals surface area (Å²) in [5.74, 6) is -0.0363. The highest BCUT2D eigenvalue weighted by Crippen LogP contribution is 2.29. The smallest absolute Gasteiger partial charge is 0.125 e. The van der Waals surface area contributed by atoms with Crippen LogP contribution in [-0.2, 0) is 12.8 Å². The van der Waals surface area contributed by atoms with Crippen LogP contribution in [-0.4, -0.2) is 14.5 Å². The van der Waals surface area contributed by atoms with Crippen molar-refractivity contribution in [2.24, 2.45) is 0 Å². The van der Waals surface area contributed by atoms with E-state index >= 15 is 0 Å². The van der Waals surface area contributed by atoms with Crippen LogP contribution in [0, 0.1) is 11.6 Å². The zero-order valence-corrected chi connectivity index (χ0v) is 16.6. The summed E-state index contributed by atoms with van der Waals surface area (Å²) >= 11 is 6.35. The number of fused-ring (bicyclic) bond motifs is 2. The van der Waals surface area contributed by atoms with E-state index in [-0.39, 0.29) is 10.8 Å². The van der Waals surface area contributed by atoms with Crippen LogP contribution in [0.4, 0.5) is 8.78 Å². The highest BCUT2D eigenvalue weighted by atomic mass is 35.5. The van der Waals surface area contributed by atoms with Crippen molar-refractivity contribution in [2.45, 2.75) is 12.8 Å². The Kier molecular flexibility index (Phi) is 4.68. The summed E-state index contributed by atoms with van der Waals surface area (Å²) in [4.78, 5) is 8.85. The number of hydrogen-bond donors (Lipinski definition) is 0. The van der Waals surface area contributed by atoms with Crippen LogP contribution >= 0.6 is 11.6 Å². The van der Waals surface area contributed by atoms with E-state index in [1.165, 1.54) is 29.8 Å². The van der Waals surface area contributed by atoms with Crippen molar-refractivity contribution in [3.8, 4) is 5.69 Å². The molecule has 0 aliphatic carbocycles. The Balaban J connectivity index is 1.61. The molecule has 0 aliphatic rings. The average Bonchev–Trinajstić information content (AvgIpc) is 3.09. The lowest BCUT2D eigenvalue weighted by molar-refractivity contribution is 0.627. The van der Waals surface area contributed by atoms with Gasteiger partial charge in [0, 0.05) is 30.3 Å². The summed E-state index contributed by atoms with van der Waals surface area (Å²) in [7, 11) is 0. The average molecular weight is 420 g/mol. The van der Waals surface area contributed by atoms with Crippen LogP contribution in [0.2, 0.25) is 5.02 Å². The zero-order chi connectivity index (χ0) is 20.7. The number of halogens is 3. The van der Waals surface area contributed by atoms with Crippen molar-refractivity contribution in [1.29, 1.82) is 0 Å². The van der Waals surface area contributed by atoms with Crippen molar-refractivity contribution >= 4 is 33.4 Å². The minimum absolute atomic E-state index is 0.274. The molecule has 6 heteroatoms. The van der Waals surface area contributed by atoms with Gasteiger partial charge in [-0.25, -0.2) is 13.8 Å². The van der Waals surface area contributed by atoms with E-state index in [0.717, 1.165) is 28.5 Å². The van der Waals surface area contributed by atoms with E-state index in [4.69, 9.17) is 11.6 Å². The molecule has 0 atom stereocenters. The summed E-state index contributed by atoms with van der Waals surface area (Å²) in [6.07, 6.45) is 4.95. The Hall–Kier alpha value is -3.31. The monoisotopic (exact) mass is 419 g/mol. The second-order valence-corrected chi connectivity index (χ2v) is 7.51. The maximum atomic E-state index is 13.8. The predicted molar refractivity (Wildman–Crippen MR) is 115 cm³/mol. The maximum absolute atomic E-state index is 13.8. The molecule has 0 unspecified atom stereocenters. The number of nitrogens with zero attached hydrogens (tertiary/aromatic N) is 3. The normalized spacial score (nSPS) is 11.4. The topological polar surface area (TPSA) is 30.7 Å². The second kappa shape index (κ2) is 7.50. The van der Waals surface area contributed by atoms with Gasteiger partial charge in [-0.3, -0.25) is 9.55 Å². The fourth-order valence-corrected chi connectivity index (χ4v) is 4.11. The molecule has 0 saturated heterocycles. The van der Waals surface area contributed by atoms with Gasteiger partial charge in [0.15, 0.2) is 0 Å². The number of benzene rings is 3. The summed E-state index contributed by atoms with van der Waals surface area (Å²) < 4.78 is 29.3. The number of pyridine rings is 1. The lowest BCUT2D eigenvalue weighted by Gasteiger charge is -2.12. The zero-order valence-electron chi connectivity index (χ0n) is 15.8. The van der Waals surface area contributed by atoms with Crippen LogP contribution in [0.25, 0.3) is 27.5 Å². The van der Waals surface area contributed by atoms with Crippen molar-refractivity contribution < 1.29 is 8.78 Å². The molecular weight excluding hydrogens is 404 g/mol. The van der Waals surface area contributed by atoms with Gasteiger partial charge in [-0.05, 0) is 53.8 Å². The first-order chi connectivity index (χ1) is 14.6. The Morgan fingerprint density at radius 2 is 1.73 bits per heavy atom. The Labute approximate surface area is 176 Å². The largest absolute Gasteiger partial charge is 0.295 e. The van der Waals surface area contributed by atoms with Crippen LogP contribution < -0.4 is 0 Å². The summed E-state index contributed by atoms with van der Waals surface area (Å²) in [6, 6.07) is 16.8. The molecule has 5 aromatic rings. The third kappa shape index (κ3) is 3.31. The molecule has 0 bridgehead atoms. The molecule has 3 nitrogen and oxygen atoms in total. The molecule has 0 N–H and O–H groups in total. The summed E-state index contributed by atoms with van der Waals surface area (Å²) in [5, 5.41) is 2.49. The molecule has 0 spiro atoms. The quantitative estimate of drug-likeness (QED) is 0.342. The number of rotatable bonds is 4. The van der Waals surface area contributed by atoms with Crippen LogP contribution in [0.5, 0.6) is 0 Å². The van der Waals surface area contributed by atoms with E-state index in [0.29, 0.717) is 17.6 Å². The number of aryl methyl sites for hydroxylation is 2. The van der Waals surface area contributed by atoms with Crippen LogP contribution in [0.3, 0.4) is 0 Å². The first-order valence-electron chi connectivity index (χ1n) is 9.54. The third-order valence-corrected chi connectivity index (χ3v) is 5.53. The molecule has 148 valence electrons. The molecular formula is C24H16ClF2N3. The molecule has 0 saturated carbocycles. The van der Waals surface area contributed by atoms with Crippen molar-refractivity contribution in [2.75, 3.05) is 0 Å². The number of aromatic nitrogens is 3. The Morgan fingerprint density at radius 3 is 2.60 bits per heavy atom. The van der Waals surface area contributed by atoms with E-state index < -0.39 is 5.82 Å². The minimum atomic E-state index is -0.412. The summed E-state index contributed by atoms with van der Waals surface area (Å²) in [6.45, 7) is 0. The minimum Gasteiger partial charge on any atom is -0.295 e. The van der Waals surface area contributed by atoms with Crippen LogP contribution in [0.15, 0.2) is 73.1 Å². The van der Waals surface area contributed by atoms with Gasteiger partial charge in [0.2, 0.25) is 0 Å². The predicted octanol–water partition coefficient (Wildman–Crippen LogP) is 6.29. The third-order valence-electron chi connectivity index (χ3n) is 5.23. The van der Waals surface area contributed by atoms with Crippen molar-refractivity contribution in [3.63, 3.8) is 0 Å². The maximum Gasteiger partial charge on any atom is 0.125 e. The van der Waals surface area contributed by atoms with E-state index in [2.05, 4.69) is 16.0 Å². The molecule has 3 aromatic carbocycles. The van der Waals surface area contributed by atoms with Gasteiger partial charge in [0.25, 0.3) is 0 Å². The standard InChI is InChI=1S/C24H16ClF2N3/c25-20-12-17(26)5-7-22(20)30-23-8-6-18(27)13-21(23)29-24(30)9-4-15-2-1-3-16-14-28-11-10-19(15)16/h1-3,5-8,10-14H,4,9H2. The molecule has 30 heavy (non-hydrogen) atoms. The summed E-state index contributed by atoms with van der Waals surface area (Å²) in [5.41, 5.74) is 3.05. The lowest BCUT2D eigenvalue weighted by Crippen LogP contribution is -2.04. The van der Waals surface area contributed by atoms with Gasteiger partial charge >= 0.3 is 0 Å². The fraction of sp³-hybridized carbons (Fsp3) is 0.0833. The van der Waals surface area contributed by atoms with Gasteiger partial charge in [-0.15, -0.1) is 0 Å². The Morgan fingerprint density at radius 1 is 0.900 bits per heavy atom. The molecule has 0 amide bonds. The lowest BCUT2D eigenvalue weighted by atomic mass is 10.0. The van der Waals surface area contributed by atoms with Gasteiger partial charge in [-0.2, -0.15) is 0 Å². The van der Waals surface area contributed by atoms with E-state index in [1.54, 1.807) is 18.3 Å². The van der Waals surface area contributed by atoms with Gasteiger partial charge in [0.05, 0.1) is 21.7 Å². The fourth-order valence-electron chi connectivity index (χ4n) is 3.86. The van der Waals surface area contributed by atoms with Crippen molar-refractivity contribution in [3.05, 3.63) is 101 Å². The van der Waals surface area contributed by atoms with E-state index in [1.807, 2.05) is 29.0 Å². The first kappa shape index (κ1) is 18.7. The van der Waals surface area contributed by atoms with Crippen LogP contribution in [0.1, 0.15) is 11.4 Å². The second-order valence-electron chi connectivity index (χ2n) is 7.11. The molecule has 0 aliphatic heterocycles. The highest BCUT2D eigenvalue weighted by molar-refractivity contribution is 6.32. The SMILES string of the molecule is Fc1ccc(-n2c(CCc3cccc4cnccc34)nc3cc(F)ccc32)c(Cl)c1. The van der Waals surface area contributed by atoms with Gasteiger partial charge in [-0.1, -0.05) is 29.8 Å². The highest BCUT2D eigenvalue weighted by Gasteiger charge is 2.16. The van der Waals surface area contributed by atoms with Gasteiger partial charge < -0.3 is 0 Å². The number of hydrogen-bond acceptors (Lipinski definition) is 2. The van der Waals surface area contributed by atoms with Crippen molar-refractivity contribution in [1.82, 2.24) is 14.5 Å². The molecule has 5 rings (SSSR count). The Bertz CT molecular complexity index is 1390. The molecule has 2 aromatic heterocycles. The van der Waals surface area contributed by atoms with Gasteiger partial charge in [0.1, 0.15) is 17.5 Å². The first-order valence-corrected chi connectivity index (χ1v) is 9.92. The molecule has 0 fully saturated rings. The molecule has 0 radical (unpaired) electrons.